The van der Waals surface area contributed by atoms with Gasteiger partial charge in [0.1, 0.15) is 5.75 Å². The fourth-order valence-electron chi connectivity index (χ4n) is 0.820. The maximum atomic E-state index is 5.06. The van der Waals surface area contributed by atoms with E-state index >= 15 is 0 Å². The number of aromatic nitrogens is 1. The third kappa shape index (κ3) is 1.26. The Kier molecular flexibility index (Phi) is 2.26. The SMILES string of the molecule is CCc1[c]nccc1OC. The number of hydrogen-bond acceptors (Lipinski definition) is 2. The van der Waals surface area contributed by atoms with E-state index in [9.17, 15) is 0 Å². The fraction of sp³-hybridized carbons (Fsp3) is 0.375. The molecule has 0 spiro atoms. The molecule has 0 atom stereocenters. The Labute approximate surface area is 60.9 Å². The molecular formula is C8H10NO. The number of pyridine rings is 1. The summed E-state index contributed by atoms with van der Waals surface area (Å²) in [5, 5.41) is 0. The molecule has 53 valence electrons. The molecule has 2 nitrogen and oxygen atoms in total. The van der Waals surface area contributed by atoms with Crippen LogP contribution in [0, 0.1) is 6.20 Å². The van der Waals surface area contributed by atoms with Crippen LogP contribution in [0.25, 0.3) is 0 Å². The molecule has 0 bridgehead atoms. The highest BCUT2D eigenvalue weighted by atomic mass is 16.5. The first kappa shape index (κ1) is 7.06. The van der Waals surface area contributed by atoms with Gasteiger partial charge in [-0.3, -0.25) is 4.98 Å². The molecule has 0 unspecified atom stereocenters. The molecule has 0 aliphatic carbocycles. The lowest BCUT2D eigenvalue weighted by Crippen LogP contribution is -1.90. The zero-order valence-corrected chi connectivity index (χ0v) is 6.22. The summed E-state index contributed by atoms with van der Waals surface area (Å²) in [5.41, 5.74) is 1.03. The first-order valence-electron chi connectivity index (χ1n) is 3.28. The van der Waals surface area contributed by atoms with Crippen molar-refractivity contribution in [2.45, 2.75) is 13.3 Å². The van der Waals surface area contributed by atoms with Crippen LogP contribution in [0.4, 0.5) is 0 Å². The Morgan fingerprint density at radius 2 is 2.50 bits per heavy atom. The van der Waals surface area contributed by atoms with Crippen molar-refractivity contribution in [3.63, 3.8) is 0 Å². The molecule has 1 aromatic heterocycles. The molecule has 1 aromatic rings. The van der Waals surface area contributed by atoms with Gasteiger partial charge in [-0.05, 0) is 12.5 Å². The Bertz CT molecular complexity index is 187. The summed E-state index contributed by atoms with van der Waals surface area (Å²) < 4.78 is 5.06. The van der Waals surface area contributed by atoms with Gasteiger partial charge in [-0.25, -0.2) is 0 Å². The normalized spacial score (nSPS) is 9.40. The van der Waals surface area contributed by atoms with Crippen LogP contribution in [-0.2, 0) is 6.42 Å². The highest BCUT2D eigenvalue weighted by molar-refractivity contribution is 5.28. The first-order chi connectivity index (χ1) is 4.88. The number of ether oxygens (including phenoxy) is 1. The highest BCUT2D eigenvalue weighted by Gasteiger charge is 1.97. The van der Waals surface area contributed by atoms with Crippen LogP contribution in [-0.4, -0.2) is 12.1 Å². The van der Waals surface area contributed by atoms with E-state index in [0.717, 1.165) is 17.7 Å². The Balaban J connectivity index is 2.96. The van der Waals surface area contributed by atoms with Crippen LogP contribution >= 0.6 is 0 Å². The zero-order chi connectivity index (χ0) is 7.40. The van der Waals surface area contributed by atoms with Crippen LogP contribution in [0.5, 0.6) is 5.75 Å². The number of nitrogens with zero attached hydrogens (tertiary/aromatic N) is 1. The second-order valence-electron chi connectivity index (χ2n) is 1.96. The maximum Gasteiger partial charge on any atom is 0.125 e. The van der Waals surface area contributed by atoms with E-state index in [4.69, 9.17) is 4.74 Å². The summed E-state index contributed by atoms with van der Waals surface area (Å²) in [6.07, 6.45) is 5.45. The van der Waals surface area contributed by atoms with Crippen molar-refractivity contribution < 1.29 is 4.74 Å². The first-order valence-corrected chi connectivity index (χ1v) is 3.28. The van der Waals surface area contributed by atoms with Crippen molar-refractivity contribution in [3.8, 4) is 5.75 Å². The third-order valence-electron chi connectivity index (χ3n) is 1.37. The molecule has 1 rings (SSSR count). The lowest BCUT2D eigenvalue weighted by atomic mass is 10.2. The highest BCUT2D eigenvalue weighted by Crippen LogP contribution is 2.14. The van der Waals surface area contributed by atoms with Crippen molar-refractivity contribution >= 4 is 0 Å². The fourth-order valence-corrected chi connectivity index (χ4v) is 0.820. The lowest BCUT2D eigenvalue weighted by molar-refractivity contribution is 0.409. The molecule has 1 radical (unpaired) electrons. The second-order valence-corrected chi connectivity index (χ2v) is 1.96. The van der Waals surface area contributed by atoms with Crippen LogP contribution < -0.4 is 4.74 Å². The van der Waals surface area contributed by atoms with Gasteiger partial charge < -0.3 is 4.74 Å². The average Bonchev–Trinajstić information content (AvgIpc) is 2.04. The van der Waals surface area contributed by atoms with E-state index in [-0.39, 0.29) is 0 Å². The van der Waals surface area contributed by atoms with Crippen LogP contribution in [0.2, 0.25) is 0 Å². The molecule has 2 heteroatoms. The number of aryl methyl sites for hydroxylation is 1. The van der Waals surface area contributed by atoms with Crippen molar-refractivity contribution in [1.82, 2.24) is 4.98 Å². The molecular weight excluding hydrogens is 126 g/mol. The second kappa shape index (κ2) is 3.20. The molecule has 0 N–H and O–H groups in total. The Morgan fingerprint density at radius 1 is 1.70 bits per heavy atom. The molecule has 0 aliphatic heterocycles. The minimum absolute atomic E-state index is 0.873. The summed E-state index contributed by atoms with van der Waals surface area (Å²) in [6, 6.07) is 1.84. The standard InChI is InChI=1S/C8H10NO/c1-3-7-6-9-5-4-8(7)10-2/h4-5H,3H2,1-2H3. The monoisotopic (exact) mass is 136 g/mol. The van der Waals surface area contributed by atoms with E-state index in [1.54, 1.807) is 13.3 Å². The molecule has 0 fully saturated rings. The average molecular weight is 136 g/mol. The van der Waals surface area contributed by atoms with E-state index in [0.29, 0.717) is 0 Å². The number of rotatable bonds is 2. The number of hydrogen-bond donors (Lipinski definition) is 0. The van der Waals surface area contributed by atoms with Gasteiger partial charge in [0.25, 0.3) is 0 Å². The van der Waals surface area contributed by atoms with Gasteiger partial charge in [0.05, 0.1) is 13.3 Å². The topological polar surface area (TPSA) is 22.1 Å². The van der Waals surface area contributed by atoms with Gasteiger partial charge in [-0.15, -0.1) is 0 Å². The molecule has 0 aliphatic rings. The van der Waals surface area contributed by atoms with Crippen molar-refractivity contribution in [2.75, 3.05) is 7.11 Å². The molecule has 0 amide bonds. The lowest BCUT2D eigenvalue weighted by Gasteiger charge is -2.02. The summed E-state index contributed by atoms with van der Waals surface area (Å²) in [6.45, 7) is 2.05. The van der Waals surface area contributed by atoms with E-state index in [1.807, 2.05) is 6.07 Å². The van der Waals surface area contributed by atoms with Gasteiger partial charge in [0, 0.05) is 11.8 Å². The van der Waals surface area contributed by atoms with Crippen LogP contribution in [0.1, 0.15) is 12.5 Å². The quantitative estimate of drug-likeness (QED) is 0.614. The summed E-state index contributed by atoms with van der Waals surface area (Å²) in [4.78, 5) is 3.86. The Hall–Kier alpha value is -1.05. The van der Waals surface area contributed by atoms with Crippen molar-refractivity contribution in [3.05, 3.63) is 24.0 Å². The van der Waals surface area contributed by atoms with Gasteiger partial charge >= 0.3 is 0 Å². The van der Waals surface area contributed by atoms with Crippen LogP contribution in [0.15, 0.2) is 12.3 Å². The molecule has 10 heavy (non-hydrogen) atoms. The minimum Gasteiger partial charge on any atom is -0.496 e. The van der Waals surface area contributed by atoms with Gasteiger partial charge in [-0.2, -0.15) is 0 Å². The third-order valence-corrected chi connectivity index (χ3v) is 1.37. The van der Waals surface area contributed by atoms with Gasteiger partial charge in [-0.1, -0.05) is 6.92 Å². The Morgan fingerprint density at radius 3 is 3.00 bits per heavy atom. The predicted octanol–water partition coefficient (Wildman–Crippen LogP) is 1.45. The minimum atomic E-state index is 0.873. The maximum absolute atomic E-state index is 5.06. The van der Waals surface area contributed by atoms with Gasteiger partial charge in [0.15, 0.2) is 0 Å². The largest absolute Gasteiger partial charge is 0.496 e. The van der Waals surface area contributed by atoms with Crippen molar-refractivity contribution in [2.24, 2.45) is 0 Å². The van der Waals surface area contributed by atoms with E-state index < -0.39 is 0 Å². The smallest absolute Gasteiger partial charge is 0.125 e. The summed E-state index contributed by atoms with van der Waals surface area (Å²) >= 11 is 0. The van der Waals surface area contributed by atoms with E-state index in [1.165, 1.54) is 0 Å². The van der Waals surface area contributed by atoms with Crippen molar-refractivity contribution in [1.29, 1.82) is 0 Å². The van der Waals surface area contributed by atoms with Gasteiger partial charge in [0.2, 0.25) is 0 Å². The number of methoxy groups -OCH3 is 1. The van der Waals surface area contributed by atoms with E-state index in [2.05, 4.69) is 18.1 Å². The summed E-state index contributed by atoms with van der Waals surface area (Å²) in [5.74, 6) is 0.873. The summed E-state index contributed by atoms with van der Waals surface area (Å²) in [7, 11) is 1.66. The predicted molar refractivity (Wildman–Crippen MR) is 39.0 cm³/mol. The molecule has 0 saturated heterocycles. The molecule has 1 heterocycles. The molecule has 0 saturated carbocycles. The molecule has 0 aromatic carbocycles. The zero-order valence-electron chi connectivity index (χ0n) is 6.22. The van der Waals surface area contributed by atoms with Crippen LogP contribution in [0.3, 0.4) is 0 Å².